The van der Waals surface area contributed by atoms with Crippen molar-refractivity contribution in [3.8, 4) is 17.2 Å². The Kier molecular flexibility index (Phi) is 7.50. The molecular formula is C28H26ClNO6. The second-order valence-corrected chi connectivity index (χ2v) is 8.36. The molecule has 1 aliphatic heterocycles. The molecular weight excluding hydrogens is 482 g/mol. The number of halogens is 1. The molecule has 3 aromatic rings. The van der Waals surface area contributed by atoms with E-state index in [1.807, 2.05) is 13.8 Å². The van der Waals surface area contributed by atoms with Gasteiger partial charge in [-0.25, -0.2) is 0 Å². The van der Waals surface area contributed by atoms with Gasteiger partial charge in [0, 0.05) is 17.3 Å². The van der Waals surface area contributed by atoms with Gasteiger partial charge in [-0.05, 0) is 61.9 Å². The lowest BCUT2D eigenvalue weighted by atomic mass is 9.95. The Hall–Kier alpha value is -3.97. The molecule has 7 nitrogen and oxygen atoms in total. The smallest absolute Gasteiger partial charge is 0.300 e. The number of nitrogens with zero attached hydrogens (tertiary/aromatic N) is 1. The standard InChI is InChI=1S/C28H26ClNO6/c1-4-35-20-10-6-8-17(14-20)25-24(26(31)22-16-19(34-3)12-13-23(22)29)27(32)28(33)30(25)18-9-7-11-21(15-18)36-5-2/h6-16,25,31H,4-5H2,1-3H3/b26-24+. The second kappa shape index (κ2) is 10.7. The summed E-state index contributed by atoms with van der Waals surface area (Å²) in [4.78, 5) is 28.2. The van der Waals surface area contributed by atoms with E-state index in [1.54, 1.807) is 60.7 Å². The zero-order valence-electron chi connectivity index (χ0n) is 20.2. The van der Waals surface area contributed by atoms with Crippen molar-refractivity contribution in [2.75, 3.05) is 25.2 Å². The van der Waals surface area contributed by atoms with Gasteiger partial charge in [0.25, 0.3) is 11.7 Å². The molecule has 1 amide bonds. The van der Waals surface area contributed by atoms with E-state index in [0.29, 0.717) is 41.7 Å². The van der Waals surface area contributed by atoms with Gasteiger partial charge in [0.05, 0.1) is 37.0 Å². The van der Waals surface area contributed by atoms with Crippen LogP contribution in [0.15, 0.2) is 72.3 Å². The fourth-order valence-electron chi connectivity index (χ4n) is 4.20. The molecule has 0 aliphatic carbocycles. The molecule has 1 atom stereocenters. The molecule has 0 aromatic heterocycles. The van der Waals surface area contributed by atoms with Gasteiger partial charge in [0.2, 0.25) is 0 Å². The maximum absolute atomic E-state index is 13.4. The van der Waals surface area contributed by atoms with Gasteiger partial charge in [0.15, 0.2) is 0 Å². The first kappa shape index (κ1) is 25.1. The van der Waals surface area contributed by atoms with Crippen LogP contribution in [0.1, 0.15) is 31.0 Å². The Morgan fingerprint density at radius 3 is 2.25 bits per heavy atom. The van der Waals surface area contributed by atoms with Gasteiger partial charge in [-0.2, -0.15) is 0 Å². The summed E-state index contributed by atoms with van der Waals surface area (Å²) in [6, 6.07) is 17.8. The monoisotopic (exact) mass is 507 g/mol. The van der Waals surface area contributed by atoms with Gasteiger partial charge in [0.1, 0.15) is 23.0 Å². The van der Waals surface area contributed by atoms with Crippen molar-refractivity contribution < 1.29 is 28.9 Å². The van der Waals surface area contributed by atoms with Crippen molar-refractivity contribution in [3.63, 3.8) is 0 Å². The fourth-order valence-corrected chi connectivity index (χ4v) is 4.41. The van der Waals surface area contributed by atoms with Crippen LogP contribution in [0.2, 0.25) is 5.02 Å². The summed E-state index contributed by atoms with van der Waals surface area (Å²) in [5.74, 6) is -0.448. The molecule has 186 valence electrons. The number of Topliss-reactive ketones (excluding diaryl/α,β-unsaturated/α-hetero) is 1. The van der Waals surface area contributed by atoms with Crippen molar-refractivity contribution in [1.29, 1.82) is 0 Å². The third kappa shape index (κ3) is 4.75. The average Bonchev–Trinajstić information content (AvgIpc) is 3.15. The maximum atomic E-state index is 13.4. The lowest BCUT2D eigenvalue weighted by Gasteiger charge is -2.26. The molecule has 1 fully saturated rings. The summed E-state index contributed by atoms with van der Waals surface area (Å²) >= 11 is 6.38. The first-order valence-electron chi connectivity index (χ1n) is 11.5. The van der Waals surface area contributed by atoms with Crippen LogP contribution in [-0.4, -0.2) is 37.1 Å². The van der Waals surface area contributed by atoms with Crippen molar-refractivity contribution in [3.05, 3.63) is 88.5 Å². The highest BCUT2D eigenvalue weighted by Crippen LogP contribution is 2.44. The van der Waals surface area contributed by atoms with Crippen LogP contribution in [0.5, 0.6) is 17.2 Å². The number of amides is 1. The summed E-state index contributed by atoms with van der Waals surface area (Å²) in [7, 11) is 1.48. The van der Waals surface area contributed by atoms with E-state index in [-0.39, 0.29) is 16.2 Å². The number of methoxy groups -OCH3 is 1. The number of ketones is 1. The lowest BCUT2D eigenvalue weighted by molar-refractivity contribution is -0.132. The highest BCUT2D eigenvalue weighted by molar-refractivity contribution is 6.52. The van der Waals surface area contributed by atoms with Gasteiger partial charge in [-0.1, -0.05) is 29.8 Å². The number of aliphatic hydroxyl groups is 1. The molecule has 0 radical (unpaired) electrons. The number of hydrogen-bond acceptors (Lipinski definition) is 6. The van der Waals surface area contributed by atoms with Crippen LogP contribution in [0, 0.1) is 0 Å². The zero-order valence-corrected chi connectivity index (χ0v) is 20.9. The third-order valence-corrected chi connectivity index (χ3v) is 6.09. The average molecular weight is 508 g/mol. The van der Waals surface area contributed by atoms with Crippen LogP contribution in [0.3, 0.4) is 0 Å². The predicted molar refractivity (Wildman–Crippen MR) is 138 cm³/mol. The highest BCUT2D eigenvalue weighted by Gasteiger charge is 2.47. The molecule has 4 rings (SSSR count). The van der Waals surface area contributed by atoms with Crippen molar-refractivity contribution in [1.82, 2.24) is 0 Å². The summed E-state index contributed by atoms with van der Waals surface area (Å²) in [5.41, 5.74) is 1.13. The number of rotatable bonds is 8. The molecule has 3 aromatic carbocycles. The van der Waals surface area contributed by atoms with Crippen LogP contribution in [0.25, 0.3) is 5.76 Å². The quantitative estimate of drug-likeness (QED) is 0.236. The van der Waals surface area contributed by atoms with E-state index in [9.17, 15) is 14.7 Å². The molecule has 0 spiro atoms. The molecule has 1 heterocycles. The van der Waals surface area contributed by atoms with Gasteiger partial charge >= 0.3 is 0 Å². The largest absolute Gasteiger partial charge is 0.507 e. The Morgan fingerprint density at radius 1 is 0.917 bits per heavy atom. The number of anilines is 1. The number of carbonyl (C=O) groups excluding carboxylic acids is 2. The van der Waals surface area contributed by atoms with E-state index in [0.717, 1.165) is 0 Å². The number of carbonyl (C=O) groups is 2. The molecule has 1 aliphatic rings. The first-order valence-corrected chi connectivity index (χ1v) is 11.9. The summed E-state index contributed by atoms with van der Waals surface area (Å²) in [6.07, 6.45) is 0. The predicted octanol–water partition coefficient (Wildman–Crippen LogP) is 5.77. The Labute approximate surface area is 214 Å². The minimum absolute atomic E-state index is 0.0920. The minimum Gasteiger partial charge on any atom is -0.507 e. The number of hydrogen-bond donors (Lipinski definition) is 1. The zero-order chi connectivity index (χ0) is 25.8. The molecule has 0 bridgehead atoms. The first-order chi connectivity index (χ1) is 17.4. The molecule has 36 heavy (non-hydrogen) atoms. The van der Waals surface area contributed by atoms with Crippen LogP contribution in [0.4, 0.5) is 5.69 Å². The number of ether oxygens (including phenoxy) is 3. The summed E-state index contributed by atoms with van der Waals surface area (Å²) in [5, 5.41) is 11.6. The number of aliphatic hydroxyl groups excluding tert-OH is 1. The van der Waals surface area contributed by atoms with Gasteiger partial charge in [-0.15, -0.1) is 0 Å². The van der Waals surface area contributed by atoms with E-state index < -0.39 is 23.5 Å². The Morgan fingerprint density at radius 2 is 1.58 bits per heavy atom. The Bertz CT molecular complexity index is 1340. The highest BCUT2D eigenvalue weighted by atomic mass is 35.5. The molecule has 1 saturated heterocycles. The molecule has 1 unspecified atom stereocenters. The molecule has 8 heteroatoms. The van der Waals surface area contributed by atoms with Crippen molar-refractivity contribution in [2.24, 2.45) is 0 Å². The van der Waals surface area contributed by atoms with Crippen LogP contribution < -0.4 is 19.1 Å². The van der Waals surface area contributed by atoms with Gasteiger partial charge < -0.3 is 19.3 Å². The van der Waals surface area contributed by atoms with Crippen molar-refractivity contribution >= 4 is 34.7 Å². The normalized spacial score (nSPS) is 16.8. The van der Waals surface area contributed by atoms with Crippen LogP contribution >= 0.6 is 11.6 Å². The van der Waals surface area contributed by atoms with E-state index in [4.69, 9.17) is 25.8 Å². The van der Waals surface area contributed by atoms with Crippen LogP contribution in [-0.2, 0) is 9.59 Å². The Balaban J connectivity index is 1.96. The molecule has 0 saturated carbocycles. The second-order valence-electron chi connectivity index (χ2n) is 7.95. The summed E-state index contributed by atoms with van der Waals surface area (Å²) < 4.78 is 16.5. The minimum atomic E-state index is -0.940. The topological polar surface area (TPSA) is 85.3 Å². The van der Waals surface area contributed by atoms with E-state index in [2.05, 4.69) is 0 Å². The van der Waals surface area contributed by atoms with E-state index >= 15 is 0 Å². The van der Waals surface area contributed by atoms with Crippen molar-refractivity contribution in [2.45, 2.75) is 19.9 Å². The summed E-state index contributed by atoms with van der Waals surface area (Å²) in [6.45, 7) is 4.61. The SMILES string of the molecule is CCOc1cccc(C2/C(=C(\O)c3cc(OC)ccc3Cl)C(=O)C(=O)N2c2cccc(OCC)c2)c1. The maximum Gasteiger partial charge on any atom is 0.300 e. The fraction of sp³-hybridized carbons (Fsp3) is 0.214. The molecule has 1 N–H and O–H groups in total. The third-order valence-electron chi connectivity index (χ3n) is 5.76. The van der Waals surface area contributed by atoms with E-state index in [1.165, 1.54) is 18.1 Å². The number of benzene rings is 3. The lowest BCUT2D eigenvalue weighted by Crippen LogP contribution is -2.29. The van der Waals surface area contributed by atoms with Gasteiger partial charge in [-0.3, -0.25) is 14.5 Å².